The number of ether oxygens (including phenoxy) is 1. The van der Waals surface area contributed by atoms with Gasteiger partial charge < -0.3 is 9.72 Å². The first kappa shape index (κ1) is 12.0. The second-order valence-corrected chi connectivity index (χ2v) is 4.90. The maximum Gasteiger partial charge on any atom is 0.309 e. The molecule has 4 heteroatoms. The molecule has 1 aromatic heterocycles. The summed E-state index contributed by atoms with van der Waals surface area (Å²) < 4.78 is 5.15. The summed E-state index contributed by atoms with van der Waals surface area (Å²) >= 11 is 0. The molecular formula is C15H16N2O2. The van der Waals surface area contributed by atoms with Crippen molar-refractivity contribution in [3.05, 3.63) is 29.3 Å². The van der Waals surface area contributed by atoms with Gasteiger partial charge in [0.25, 0.3) is 0 Å². The van der Waals surface area contributed by atoms with Crippen molar-refractivity contribution in [1.29, 1.82) is 0 Å². The highest BCUT2D eigenvalue weighted by atomic mass is 16.5. The molecule has 0 saturated carbocycles. The highest BCUT2D eigenvalue weighted by molar-refractivity contribution is 5.94. The zero-order chi connectivity index (χ0) is 13.4. The van der Waals surface area contributed by atoms with Crippen molar-refractivity contribution in [1.82, 2.24) is 4.98 Å². The topological polar surface area (TPSA) is 54.4 Å². The number of esters is 1. The van der Waals surface area contributed by atoms with Crippen molar-refractivity contribution in [2.75, 3.05) is 0 Å². The third-order valence-corrected chi connectivity index (χ3v) is 3.44. The molecule has 0 unspecified atom stereocenters. The molecule has 0 radical (unpaired) electrons. The minimum absolute atomic E-state index is 0.311. The Morgan fingerprint density at radius 2 is 2.21 bits per heavy atom. The van der Waals surface area contributed by atoms with Gasteiger partial charge in [-0.3, -0.25) is 4.79 Å². The number of aromatic nitrogens is 1. The van der Waals surface area contributed by atoms with Gasteiger partial charge in [-0.1, -0.05) is 18.2 Å². The highest BCUT2D eigenvalue weighted by Gasteiger charge is 2.17. The fraction of sp³-hybridized carbons (Fsp3) is 0.333. The van der Waals surface area contributed by atoms with E-state index in [4.69, 9.17) is 4.74 Å². The zero-order valence-electron chi connectivity index (χ0n) is 11.1. The molecule has 0 spiro atoms. The van der Waals surface area contributed by atoms with E-state index >= 15 is 0 Å². The maximum absolute atomic E-state index is 11.0. The van der Waals surface area contributed by atoms with E-state index in [0.29, 0.717) is 12.3 Å². The number of aliphatic imine (C=N–C) groups is 1. The summed E-state index contributed by atoms with van der Waals surface area (Å²) in [5.41, 5.74) is 3.55. The average Bonchev–Trinajstić information content (AvgIpc) is 2.58. The number of hydrogen-bond donors (Lipinski definition) is 1. The van der Waals surface area contributed by atoms with Gasteiger partial charge in [0.05, 0.1) is 5.52 Å². The normalized spacial score (nSPS) is 14.7. The molecule has 1 aliphatic heterocycles. The first-order valence-electron chi connectivity index (χ1n) is 6.51. The molecule has 4 nitrogen and oxygen atoms in total. The number of aryl methyl sites for hydroxylation is 2. The van der Waals surface area contributed by atoms with Crippen molar-refractivity contribution >= 4 is 28.6 Å². The van der Waals surface area contributed by atoms with Crippen LogP contribution in [-0.4, -0.2) is 16.9 Å². The highest BCUT2D eigenvalue weighted by Crippen LogP contribution is 2.33. The minimum atomic E-state index is -0.311. The quantitative estimate of drug-likeness (QED) is 0.734. The molecule has 1 N–H and O–H groups in total. The number of carbonyl (C=O) groups excluding carboxylic acids is 1. The predicted octanol–water partition coefficient (Wildman–Crippen LogP) is 3.41. The largest absolute Gasteiger partial charge is 0.412 e. The molecule has 0 saturated heterocycles. The lowest BCUT2D eigenvalue weighted by atomic mass is 10.1. The number of benzene rings is 1. The fourth-order valence-electron chi connectivity index (χ4n) is 2.59. The van der Waals surface area contributed by atoms with Crippen LogP contribution in [0.15, 0.2) is 23.2 Å². The van der Waals surface area contributed by atoms with Gasteiger partial charge >= 0.3 is 5.97 Å². The van der Waals surface area contributed by atoms with Crippen LogP contribution in [-0.2, 0) is 16.0 Å². The second kappa shape index (κ2) is 4.53. The molecule has 2 heterocycles. The summed E-state index contributed by atoms with van der Waals surface area (Å²) in [7, 11) is 0. The Kier molecular flexibility index (Phi) is 2.85. The number of nitrogens with one attached hydrogen (secondary N) is 1. The van der Waals surface area contributed by atoms with E-state index < -0.39 is 0 Å². The summed E-state index contributed by atoms with van der Waals surface area (Å²) in [6.45, 7) is 3.48. The SMILES string of the molecule is CC(=O)OC1=Nc2[nH]c3c(C)cccc3c2CCC1. The van der Waals surface area contributed by atoms with Crippen molar-refractivity contribution < 1.29 is 9.53 Å². The maximum atomic E-state index is 11.0. The molecule has 0 atom stereocenters. The van der Waals surface area contributed by atoms with Gasteiger partial charge in [0.1, 0.15) is 5.82 Å². The number of nitrogens with zero attached hydrogens (tertiary/aromatic N) is 1. The number of fused-ring (bicyclic) bond motifs is 3. The summed E-state index contributed by atoms with van der Waals surface area (Å²) in [4.78, 5) is 18.9. The van der Waals surface area contributed by atoms with Crippen molar-refractivity contribution in [2.24, 2.45) is 4.99 Å². The lowest BCUT2D eigenvalue weighted by Crippen LogP contribution is -2.08. The van der Waals surface area contributed by atoms with E-state index in [-0.39, 0.29) is 5.97 Å². The Hall–Kier alpha value is -2.10. The summed E-state index contributed by atoms with van der Waals surface area (Å²) in [5.74, 6) is 1.03. The molecule has 3 rings (SSSR count). The van der Waals surface area contributed by atoms with Crippen LogP contribution in [0.2, 0.25) is 0 Å². The zero-order valence-corrected chi connectivity index (χ0v) is 11.1. The number of carbonyl (C=O) groups is 1. The van der Waals surface area contributed by atoms with Crippen LogP contribution in [0.4, 0.5) is 5.82 Å². The van der Waals surface area contributed by atoms with Crippen LogP contribution < -0.4 is 0 Å². The predicted molar refractivity (Wildman–Crippen MR) is 74.8 cm³/mol. The number of hydrogen-bond acceptors (Lipinski definition) is 3. The van der Waals surface area contributed by atoms with Crippen molar-refractivity contribution in [3.8, 4) is 0 Å². The Balaban J connectivity index is 2.14. The molecule has 2 aromatic rings. The fourth-order valence-corrected chi connectivity index (χ4v) is 2.59. The van der Waals surface area contributed by atoms with E-state index in [1.165, 1.54) is 23.4 Å². The molecule has 0 aliphatic carbocycles. The molecular weight excluding hydrogens is 240 g/mol. The Morgan fingerprint density at radius 3 is 3.00 bits per heavy atom. The molecule has 98 valence electrons. The number of para-hydroxylation sites is 1. The lowest BCUT2D eigenvalue weighted by Gasteiger charge is -2.02. The second-order valence-electron chi connectivity index (χ2n) is 4.90. The molecule has 0 fully saturated rings. The van der Waals surface area contributed by atoms with Crippen LogP contribution >= 0.6 is 0 Å². The van der Waals surface area contributed by atoms with Gasteiger partial charge in [-0.25, -0.2) is 0 Å². The van der Waals surface area contributed by atoms with Crippen molar-refractivity contribution in [2.45, 2.75) is 33.1 Å². The summed E-state index contributed by atoms with van der Waals surface area (Å²) in [5, 5.41) is 1.22. The average molecular weight is 256 g/mol. The standard InChI is InChI=1S/C15H16N2O2/c1-9-5-3-6-11-12-7-4-8-13(19-10(2)18)16-15(12)17-14(9)11/h3,5-6,17H,4,7-8H2,1-2H3. The Labute approximate surface area is 111 Å². The van der Waals surface area contributed by atoms with Gasteiger partial charge in [0.15, 0.2) is 5.90 Å². The summed E-state index contributed by atoms with van der Waals surface area (Å²) in [6.07, 6.45) is 2.60. The molecule has 1 aromatic carbocycles. The molecule has 19 heavy (non-hydrogen) atoms. The Bertz CT molecular complexity index is 683. The third kappa shape index (κ3) is 2.14. The third-order valence-electron chi connectivity index (χ3n) is 3.44. The first-order chi connectivity index (χ1) is 9.15. The lowest BCUT2D eigenvalue weighted by molar-refractivity contribution is -0.133. The van der Waals surface area contributed by atoms with Crippen LogP contribution in [0.5, 0.6) is 0 Å². The summed E-state index contributed by atoms with van der Waals surface area (Å²) in [6, 6.07) is 6.26. The van der Waals surface area contributed by atoms with Gasteiger partial charge in [-0.05, 0) is 25.3 Å². The smallest absolute Gasteiger partial charge is 0.309 e. The first-order valence-corrected chi connectivity index (χ1v) is 6.51. The van der Waals surface area contributed by atoms with E-state index in [1.807, 2.05) is 0 Å². The monoisotopic (exact) mass is 256 g/mol. The van der Waals surface area contributed by atoms with Crippen LogP contribution in [0.1, 0.15) is 30.9 Å². The van der Waals surface area contributed by atoms with Crippen LogP contribution in [0, 0.1) is 6.92 Å². The molecule has 1 aliphatic rings. The van der Waals surface area contributed by atoms with E-state index in [9.17, 15) is 4.79 Å². The number of H-pyrrole nitrogens is 1. The van der Waals surface area contributed by atoms with Crippen LogP contribution in [0.25, 0.3) is 10.9 Å². The van der Waals surface area contributed by atoms with Crippen LogP contribution in [0.3, 0.4) is 0 Å². The van der Waals surface area contributed by atoms with E-state index in [1.54, 1.807) is 0 Å². The van der Waals surface area contributed by atoms with Gasteiger partial charge in [-0.2, -0.15) is 4.99 Å². The van der Waals surface area contributed by atoms with Crippen molar-refractivity contribution in [3.63, 3.8) is 0 Å². The van der Waals surface area contributed by atoms with E-state index in [0.717, 1.165) is 24.2 Å². The minimum Gasteiger partial charge on any atom is -0.412 e. The van der Waals surface area contributed by atoms with Gasteiger partial charge in [0, 0.05) is 24.3 Å². The number of aromatic amines is 1. The number of rotatable bonds is 0. The van der Waals surface area contributed by atoms with Gasteiger partial charge in [0.2, 0.25) is 0 Å². The molecule has 0 bridgehead atoms. The van der Waals surface area contributed by atoms with Gasteiger partial charge in [-0.15, -0.1) is 0 Å². The molecule has 0 amide bonds. The Morgan fingerprint density at radius 1 is 1.37 bits per heavy atom. The van der Waals surface area contributed by atoms with E-state index in [2.05, 4.69) is 35.1 Å².